The maximum Gasteiger partial charge on any atom is 0.303 e. The van der Waals surface area contributed by atoms with E-state index in [1.165, 1.54) is 46.4 Å². The molecule has 38 heavy (non-hydrogen) atoms. The molecule has 1 aliphatic rings. The highest BCUT2D eigenvalue weighted by molar-refractivity contribution is 7.90. The number of nitrogens with zero attached hydrogens (tertiary/aromatic N) is 4. The Morgan fingerprint density at radius 3 is 2.66 bits per heavy atom. The van der Waals surface area contributed by atoms with Crippen molar-refractivity contribution >= 4 is 27.6 Å². The van der Waals surface area contributed by atoms with E-state index < -0.39 is 16.0 Å². The zero-order valence-electron chi connectivity index (χ0n) is 20.5. The van der Waals surface area contributed by atoms with Crippen molar-refractivity contribution in [2.24, 2.45) is 0 Å². The molecule has 0 unspecified atom stereocenters. The minimum atomic E-state index is -3.93. The van der Waals surface area contributed by atoms with Crippen LogP contribution in [0.3, 0.4) is 0 Å². The van der Waals surface area contributed by atoms with E-state index in [1.54, 1.807) is 30.3 Å². The van der Waals surface area contributed by atoms with Crippen molar-refractivity contribution in [3.05, 3.63) is 98.8 Å². The van der Waals surface area contributed by atoms with Gasteiger partial charge in [-0.3, -0.25) is 14.1 Å². The molecule has 3 heterocycles. The molecular weight excluding hydrogens is 533 g/mol. The van der Waals surface area contributed by atoms with Crippen LogP contribution in [-0.4, -0.2) is 41.1 Å². The standard InChI is InChI=1S/C26H23ClFN5O4S/c1-16-5-6-17(12-20(16)27)19-13-24(37-2)23(14-21(19)28)33-22-9-11-32(15-18(22)7-8-26(33)34)38(35,36)31-25-4-3-10-29-30-25/h3-8,10,12-14H,9,11,15H2,1-2H3,(H,30,31). The first kappa shape index (κ1) is 25.8. The summed E-state index contributed by atoms with van der Waals surface area (Å²) in [4.78, 5) is 13.0. The van der Waals surface area contributed by atoms with Gasteiger partial charge in [0.05, 0.1) is 12.8 Å². The summed E-state index contributed by atoms with van der Waals surface area (Å²) in [6.07, 6.45) is 1.65. The van der Waals surface area contributed by atoms with Gasteiger partial charge >= 0.3 is 10.2 Å². The highest BCUT2D eigenvalue weighted by Crippen LogP contribution is 2.35. The van der Waals surface area contributed by atoms with Gasteiger partial charge in [0, 0.05) is 54.1 Å². The molecule has 0 saturated heterocycles. The fraction of sp³-hybridized carbons (Fsp3) is 0.192. The number of benzene rings is 2. The number of pyridine rings is 1. The molecule has 2 aromatic heterocycles. The maximum absolute atomic E-state index is 15.4. The van der Waals surface area contributed by atoms with Gasteiger partial charge in [-0.25, -0.2) is 4.39 Å². The van der Waals surface area contributed by atoms with E-state index in [4.69, 9.17) is 16.3 Å². The molecule has 5 rings (SSSR count). The lowest BCUT2D eigenvalue weighted by Gasteiger charge is -2.30. The van der Waals surface area contributed by atoms with Crippen molar-refractivity contribution in [2.45, 2.75) is 19.9 Å². The second-order valence-electron chi connectivity index (χ2n) is 8.75. The molecule has 0 spiro atoms. The van der Waals surface area contributed by atoms with Gasteiger partial charge in [-0.1, -0.05) is 29.8 Å². The first-order chi connectivity index (χ1) is 18.2. The molecule has 12 heteroatoms. The second kappa shape index (κ2) is 10.2. The van der Waals surface area contributed by atoms with Crippen LogP contribution in [0.4, 0.5) is 10.2 Å². The van der Waals surface area contributed by atoms with Gasteiger partial charge in [0.25, 0.3) is 5.56 Å². The monoisotopic (exact) mass is 555 g/mol. The maximum atomic E-state index is 15.4. The Morgan fingerprint density at radius 2 is 1.95 bits per heavy atom. The number of aryl methyl sites for hydroxylation is 1. The van der Waals surface area contributed by atoms with Crippen molar-refractivity contribution in [3.63, 3.8) is 0 Å². The molecule has 0 fully saturated rings. The third-order valence-electron chi connectivity index (χ3n) is 6.37. The van der Waals surface area contributed by atoms with Crippen molar-refractivity contribution in [3.8, 4) is 22.6 Å². The molecule has 0 saturated carbocycles. The van der Waals surface area contributed by atoms with Crippen LogP contribution in [0.25, 0.3) is 16.8 Å². The summed E-state index contributed by atoms with van der Waals surface area (Å²) in [5.41, 5.74) is 2.73. The molecule has 4 aromatic rings. The van der Waals surface area contributed by atoms with Crippen LogP contribution < -0.4 is 15.0 Å². The van der Waals surface area contributed by atoms with Crippen LogP contribution in [0.5, 0.6) is 5.75 Å². The highest BCUT2D eigenvalue weighted by atomic mass is 35.5. The summed E-state index contributed by atoms with van der Waals surface area (Å²) in [7, 11) is -2.49. The molecule has 0 radical (unpaired) electrons. The predicted octanol–water partition coefficient (Wildman–Crippen LogP) is 4.12. The number of methoxy groups -OCH3 is 1. The molecular formula is C26H23ClFN5O4S. The van der Waals surface area contributed by atoms with Crippen molar-refractivity contribution in [1.82, 2.24) is 19.1 Å². The van der Waals surface area contributed by atoms with Crippen LogP contribution >= 0.6 is 11.6 Å². The summed E-state index contributed by atoms with van der Waals surface area (Å²) in [5, 5.41) is 7.95. The molecule has 0 atom stereocenters. The van der Waals surface area contributed by atoms with Crippen LogP contribution in [0.2, 0.25) is 5.02 Å². The van der Waals surface area contributed by atoms with E-state index in [0.29, 0.717) is 21.8 Å². The molecule has 1 aliphatic heterocycles. The second-order valence-corrected chi connectivity index (χ2v) is 10.8. The number of anilines is 1. The molecule has 0 bridgehead atoms. The Kier molecular flexibility index (Phi) is 6.91. The molecule has 0 amide bonds. The lowest BCUT2D eigenvalue weighted by molar-refractivity contribution is 0.385. The Morgan fingerprint density at radius 1 is 1.13 bits per heavy atom. The zero-order chi connectivity index (χ0) is 27.0. The number of hydrogen-bond acceptors (Lipinski definition) is 6. The van der Waals surface area contributed by atoms with Crippen LogP contribution in [-0.2, 0) is 23.2 Å². The predicted molar refractivity (Wildman–Crippen MR) is 142 cm³/mol. The first-order valence-electron chi connectivity index (χ1n) is 11.6. The Labute approximate surface area is 223 Å². The molecule has 9 nitrogen and oxygen atoms in total. The third-order valence-corrected chi connectivity index (χ3v) is 8.24. The SMILES string of the molecule is COc1cc(-c2ccc(C)c(Cl)c2)c(F)cc1-n1c2c(ccc1=O)CN(S(=O)(=O)Nc1cccnn1)CC2. The van der Waals surface area contributed by atoms with E-state index in [9.17, 15) is 13.2 Å². The smallest absolute Gasteiger partial charge is 0.303 e. The highest BCUT2D eigenvalue weighted by Gasteiger charge is 2.30. The average molecular weight is 556 g/mol. The van der Waals surface area contributed by atoms with Gasteiger partial charge in [-0.15, -0.1) is 5.10 Å². The average Bonchev–Trinajstić information content (AvgIpc) is 2.90. The number of fused-ring (bicyclic) bond motifs is 1. The lowest BCUT2D eigenvalue weighted by atomic mass is 10.0. The Balaban J connectivity index is 1.53. The molecule has 196 valence electrons. The quantitative estimate of drug-likeness (QED) is 0.384. The number of nitrogens with one attached hydrogen (secondary N) is 1. The van der Waals surface area contributed by atoms with Crippen LogP contribution in [0.1, 0.15) is 16.8 Å². The zero-order valence-corrected chi connectivity index (χ0v) is 22.1. The van der Waals surface area contributed by atoms with Gasteiger partial charge in [-0.2, -0.15) is 17.8 Å². The van der Waals surface area contributed by atoms with Crippen molar-refractivity contribution in [2.75, 3.05) is 18.4 Å². The van der Waals surface area contributed by atoms with E-state index in [0.717, 1.165) is 5.56 Å². The van der Waals surface area contributed by atoms with Gasteiger partial charge in [0.15, 0.2) is 5.82 Å². The Hall–Kier alpha value is -3.80. The largest absolute Gasteiger partial charge is 0.495 e. The van der Waals surface area contributed by atoms with Gasteiger partial charge in [0.2, 0.25) is 0 Å². The summed E-state index contributed by atoms with van der Waals surface area (Å²) in [5.74, 6) is -0.176. The fourth-order valence-electron chi connectivity index (χ4n) is 4.42. The molecule has 2 aromatic carbocycles. The van der Waals surface area contributed by atoms with Crippen LogP contribution in [0, 0.1) is 12.7 Å². The number of ether oxygens (including phenoxy) is 1. The first-order valence-corrected chi connectivity index (χ1v) is 13.4. The number of halogens is 2. The lowest BCUT2D eigenvalue weighted by Crippen LogP contribution is -2.41. The van der Waals surface area contributed by atoms with E-state index in [2.05, 4.69) is 14.9 Å². The third kappa shape index (κ3) is 4.87. The van der Waals surface area contributed by atoms with E-state index in [-0.39, 0.29) is 47.9 Å². The minimum Gasteiger partial charge on any atom is -0.495 e. The van der Waals surface area contributed by atoms with Crippen molar-refractivity contribution in [1.29, 1.82) is 0 Å². The van der Waals surface area contributed by atoms with Gasteiger partial charge < -0.3 is 4.74 Å². The van der Waals surface area contributed by atoms with Gasteiger partial charge in [0.1, 0.15) is 11.6 Å². The van der Waals surface area contributed by atoms with Gasteiger partial charge in [-0.05, 0) is 47.9 Å². The number of rotatable bonds is 6. The van der Waals surface area contributed by atoms with Crippen LogP contribution in [0.15, 0.2) is 65.6 Å². The topological polar surface area (TPSA) is 106 Å². The summed E-state index contributed by atoms with van der Waals surface area (Å²) in [6, 6.07) is 14.0. The van der Waals surface area contributed by atoms with E-state index in [1.807, 2.05) is 6.92 Å². The minimum absolute atomic E-state index is 0.00988. The van der Waals surface area contributed by atoms with E-state index >= 15 is 4.39 Å². The molecule has 0 aliphatic carbocycles. The fourth-order valence-corrected chi connectivity index (χ4v) is 5.74. The summed E-state index contributed by atoms with van der Waals surface area (Å²) >= 11 is 6.25. The Bertz CT molecular complexity index is 1700. The summed E-state index contributed by atoms with van der Waals surface area (Å²) in [6.45, 7) is 1.96. The number of hydrogen-bond donors (Lipinski definition) is 1. The molecule has 1 N–H and O–H groups in total. The van der Waals surface area contributed by atoms with Crippen molar-refractivity contribution < 1.29 is 17.5 Å². The number of aromatic nitrogens is 3. The normalized spacial score (nSPS) is 13.7. The summed E-state index contributed by atoms with van der Waals surface area (Å²) < 4.78 is 51.9.